The normalized spacial score (nSPS) is 19.0. The van der Waals surface area contributed by atoms with E-state index in [9.17, 15) is 40.3 Å². The van der Waals surface area contributed by atoms with E-state index < -0.39 is 48.8 Å². The quantitative estimate of drug-likeness (QED) is 0.0512. The van der Waals surface area contributed by atoms with Crippen molar-refractivity contribution in [2.45, 2.75) is 99.7 Å². The molecule has 0 spiro atoms. The zero-order chi connectivity index (χ0) is 45.6. The first-order valence-electron chi connectivity index (χ1n) is 21.0. The van der Waals surface area contributed by atoms with Crippen LogP contribution in [0.5, 0.6) is 0 Å². The van der Waals surface area contributed by atoms with Crippen molar-refractivity contribution in [1.29, 1.82) is 0 Å². The zero-order valence-corrected chi connectivity index (χ0v) is 37.6. The molecule has 332 valence electrons. The summed E-state index contributed by atoms with van der Waals surface area (Å²) < 4.78 is 70.3. The summed E-state index contributed by atoms with van der Waals surface area (Å²) in [6, 6.07) is 9.31. The smallest absolute Gasteiger partial charge is 0.333 e. The minimum Gasteiger partial charge on any atom is -0.344 e. The Morgan fingerprint density at radius 1 is 0.762 bits per heavy atom. The molecule has 1 aliphatic carbocycles. The number of hydroxylamine groups is 2. The van der Waals surface area contributed by atoms with Gasteiger partial charge < -0.3 is 9.74 Å². The highest BCUT2D eigenvalue weighted by Crippen LogP contribution is 2.48. The van der Waals surface area contributed by atoms with Crippen LogP contribution in [0.15, 0.2) is 143 Å². The van der Waals surface area contributed by atoms with Gasteiger partial charge in [-0.15, -0.1) is 5.06 Å². The number of carbonyl (C=O) groups excluding carboxylic acids is 3. The van der Waals surface area contributed by atoms with Crippen molar-refractivity contribution in [1.82, 2.24) is 5.06 Å². The summed E-state index contributed by atoms with van der Waals surface area (Å²) in [6.45, 7) is 9.26. The lowest BCUT2D eigenvalue weighted by atomic mass is 9.81. The molecule has 0 aromatic heterocycles. The average Bonchev–Trinajstić information content (AvgIpc) is 3.71. The number of hydrogen-bond donors (Lipinski definition) is 2. The molecule has 6 rings (SSSR count). The molecular formula is C48H54N3O10S2+. The number of allylic oxidation sites excluding steroid dienone is 16. The summed E-state index contributed by atoms with van der Waals surface area (Å²) in [6.07, 6.45) is 31.2. The van der Waals surface area contributed by atoms with Gasteiger partial charge in [0.1, 0.15) is 6.54 Å². The molecule has 15 heteroatoms. The van der Waals surface area contributed by atoms with Crippen LogP contribution < -0.4 is 4.90 Å². The molecule has 1 fully saturated rings. The van der Waals surface area contributed by atoms with Crippen LogP contribution in [0.25, 0.3) is 0 Å². The lowest BCUT2D eigenvalue weighted by Crippen LogP contribution is -2.32. The molecule has 0 bridgehead atoms. The van der Waals surface area contributed by atoms with E-state index in [-0.39, 0.29) is 29.1 Å². The fourth-order valence-electron chi connectivity index (χ4n) is 8.33. The number of nitrogens with zero attached hydrogens (tertiary/aromatic N) is 3. The number of fused-ring (bicyclic) bond motifs is 2. The van der Waals surface area contributed by atoms with Crippen LogP contribution >= 0.6 is 0 Å². The Bertz CT molecular complexity index is 2660. The van der Waals surface area contributed by atoms with Crippen molar-refractivity contribution in [2.75, 3.05) is 18.0 Å². The second-order valence-corrected chi connectivity index (χ2v) is 19.6. The van der Waals surface area contributed by atoms with Gasteiger partial charge in [-0.1, -0.05) is 93.2 Å². The topological polar surface area (TPSA) is 179 Å². The Balaban J connectivity index is 1.18. The lowest BCUT2D eigenvalue weighted by Gasteiger charge is -2.27. The van der Waals surface area contributed by atoms with Crippen LogP contribution in [0.2, 0.25) is 0 Å². The third kappa shape index (κ3) is 10.9. The van der Waals surface area contributed by atoms with Gasteiger partial charge in [0.2, 0.25) is 5.69 Å². The number of amides is 2. The van der Waals surface area contributed by atoms with Gasteiger partial charge in [0.05, 0.1) is 15.2 Å². The first kappa shape index (κ1) is 46.8. The fraction of sp³-hybridized carbons (Fsp3) is 0.333. The molecule has 0 saturated carbocycles. The highest BCUT2D eigenvalue weighted by molar-refractivity contribution is 7.86. The second-order valence-electron chi connectivity index (χ2n) is 16.8. The molecule has 3 heterocycles. The third-order valence-corrected chi connectivity index (χ3v) is 13.3. The van der Waals surface area contributed by atoms with Crippen LogP contribution in [0.1, 0.15) is 90.2 Å². The van der Waals surface area contributed by atoms with Gasteiger partial charge in [0, 0.05) is 66.7 Å². The van der Waals surface area contributed by atoms with Crippen LogP contribution in [0.4, 0.5) is 11.4 Å². The van der Waals surface area contributed by atoms with E-state index in [1.807, 2.05) is 101 Å². The lowest BCUT2D eigenvalue weighted by molar-refractivity contribution is -0.438. The summed E-state index contributed by atoms with van der Waals surface area (Å²) in [5.41, 5.74) is 5.07. The molecule has 0 unspecified atom stereocenters. The molecule has 4 aliphatic rings. The largest absolute Gasteiger partial charge is 0.344 e. The zero-order valence-electron chi connectivity index (χ0n) is 35.9. The molecule has 0 atom stereocenters. The van der Waals surface area contributed by atoms with Gasteiger partial charge in [-0.25, -0.2) is 4.79 Å². The summed E-state index contributed by atoms with van der Waals surface area (Å²) in [7, 11) is -8.85. The van der Waals surface area contributed by atoms with Crippen molar-refractivity contribution in [3.63, 3.8) is 0 Å². The van der Waals surface area contributed by atoms with Crippen LogP contribution in [0.3, 0.4) is 0 Å². The first-order chi connectivity index (χ1) is 29.8. The summed E-state index contributed by atoms with van der Waals surface area (Å²) in [5.74, 6) is -1.70. The second kappa shape index (κ2) is 19.3. The first-order valence-corrected chi connectivity index (χ1v) is 23.8. The Morgan fingerprint density at radius 2 is 1.40 bits per heavy atom. The summed E-state index contributed by atoms with van der Waals surface area (Å²) in [5, 5.41) is 0.548. The standard InChI is InChI=1S/C48H53N3O10S2/c1-47(2)38-33-36(62(55,56)57)25-27-40(38)49(31-17-11-16-24-46(54)61-51-44(52)29-30-45(51)53)42(47)22-14-9-6-10-15-23-43-48(3,4)39-34-37(63(58,59)60)26-28-41(39)50(43)32-18-21-35-19-12-7-5-8-13-20-35/h5-10,12-15,19-20,22-23,25-28,33-34H,11,16-18,21,24,29-32H2,1-4H3,(H-,55,56,57,58,59,60)/p+1. The minimum absolute atomic E-state index is 0.0256. The number of unbranched alkanes of at least 4 members (excludes halogenated alkanes) is 2. The summed E-state index contributed by atoms with van der Waals surface area (Å²) in [4.78, 5) is 42.7. The third-order valence-electron chi connectivity index (χ3n) is 11.6. The number of hydrogen-bond acceptors (Lipinski definition) is 9. The Labute approximate surface area is 370 Å². The van der Waals surface area contributed by atoms with Crippen LogP contribution in [-0.4, -0.2) is 72.2 Å². The van der Waals surface area contributed by atoms with Gasteiger partial charge in [-0.2, -0.15) is 21.4 Å². The van der Waals surface area contributed by atoms with Crippen LogP contribution in [0, 0.1) is 0 Å². The highest BCUT2D eigenvalue weighted by atomic mass is 32.2. The van der Waals surface area contributed by atoms with Gasteiger partial charge in [-0.3, -0.25) is 18.7 Å². The highest BCUT2D eigenvalue weighted by Gasteiger charge is 2.45. The predicted molar refractivity (Wildman–Crippen MR) is 242 cm³/mol. The van der Waals surface area contributed by atoms with Crippen molar-refractivity contribution in [3.05, 3.63) is 144 Å². The van der Waals surface area contributed by atoms with E-state index in [0.29, 0.717) is 37.4 Å². The number of carbonyl (C=O) groups is 3. The molecule has 2 aromatic carbocycles. The van der Waals surface area contributed by atoms with Gasteiger partial charge >= 0.3 is 5.97 Å². The minimum atomic E-state index is -4.44. The number of imide groups is 1. The van der Waals surface area contributed by atoms with Crippen molar-refractivity contribution >= 4 is 55.1 Å². The average molecular weight is 897 g/mol. The number of anilines is 1. The maximum absolute atomic E-state index is 12.3. The van der Waals surface area contributed by atoms with Gasteiger partial charge in [0.25, 0.3) is 32.1 Å². The molecular weight excluding hydrogens is 843 g/mol. The van der Waals surface area contributed by atoms with E-state index >= 15 is 0 Å². The Hall–Kier alpha value is -5.74. The van der Waals surface area contributed by atoms with Crippen LogP contribution in [-0.2, 0) is 50.3 Å². The maximum atomic E-state index is 12.3. The van der Waals surface area contributed by atoms with E-state index in [0.717, 1.165) is 46.8 Å². The Kier molecular flexibility index (Phi) is 14.4. The van der Waals surface area contributed by atoms with E-state index in [1.165, 1.54) is 23.8 Å². The maximum Gasteiger partial charge on any atom is 0.333 e. The van der Waals surface area contributed by atoms with E-state index in [1.54, 1.807) is 18.2 Å². The van der Waals surface area contributed by atoms with Gasteiger partial charge in [0.15, 0.2) is 5.71 Å². The van der Waals surface area contributed by atoms with E-state index in [2.05, 4.69) is 21.6 Å². The SMILES string of the molecule is CC1(C)C(=CC=CC=CC=CC2=[N+](CCCC3=CC=CC=CC=C3)c3ccc(S(=O)(=O)O)cc3C2(C)C)N(CCCCCC(=O)ON2C(=O)CCC2=O)c2ccc(S(=O)(=O)O)cc21. The number of rotatable bonds is 17. The molecule has 1 saturated heterocycles. The molecule has 2 amide bonds. The van der Waals surface area contributed by atoms with Crippen molar-refractivity contribution in [3.8, 4) is 0 Å². The van der Waals surface area contributed by atoms with Crippen molar-refractivity contribution in [2.24, 2.45) is 0 Å². The molecule has 0 radical (unpaired) electrons. The molecule has 13 nitrogen and oxygen atoms in total. The van der Waals surface area contributed by atoms with Gasteiger partial charge in [-0.05, 0) is 80.7 Å². The molecule has 3 aliphatic heterocycles. The molecule has 2 N–H and O–H groups in total. The predicted octanol–water partition coefficient (Wildman–Crippen LogP) is 8.46. The molecule has 63 heavy (non-hydrogen) atoms. The van der Waals surface area contributed by atoms with E-state index in [4.69, 9.17) is 4.84 Å². The Morgan fingerprint density at radius 3 is 2.11 bits per heavy atom. The monoisotopic (exact) mass is 896 g/mol. The van der Waals surface area contributed by atoms with Crippen molar-refractivity contribution < 1.29 is 49.7 Å². The fourth-order valence-corrected chi connectivity index (χ4v) is 9.35. The molecule has 2 aromatic rings. The number of benzene rings is 2. The summed E-state index contributed by atoms with van der Waals surface area (Å²) >= 11 is 0.